The van der Waals surface area contributed by atoms with Crippen molar-refractivity contribution in [1.82, 2.24) is 0 Å². The zero-order valence-electron chi connectivity index (χ0n) is 7.81. The van der Waals surface area contributed by atoms with Gasteiger partial charge in [-0.3, -0.25) is 4.79 Å². The van der Waals surface area contributed by atoms with Gasteiger partial charge in [0.25, 0.3) is 0 Å². The Morgan fingerprint density at radius 2 is 2.20 bits per heavy atom. The molecule has 6 heteroatoms. The third kappa shape index (κ3) is 2.15. The summed E-state index contributed by atoms with van der Waals surface area (Å²) in [6, 6.07) is 0.890. The Bertz CT molecular complexity index is 410. The van der Waals surface area contributed by atoms with Crippen LogP contribution in [0.25, 0.3) is 0 Å². The molecule has 0 radical (unpaired) electrons. The van der Waals surface area contributed by atoms with Crippen molar-refractivity contribution in [2.45, 2.75) is 0 Å². The molecule has 2 N–H and O–H groups in total. The number of ether oxygens (including phenoxy) is 1. The van der Waals surface area contributed by atoms with Crippen LogP contribution in [0.4, 0.5) is 8.78 Å². The highest BCUT2D eigenvalue weighted by molar-refractivity contribution is 9.10. The van der Waals surface area contributed by atoms with Crippen LogP contribution < -0.4 is 10.5 Å². The van der Waals surface area contributed by atoms with Gasteiger partial charge in [0, 0.05) is 0 Å². The molecule has 0 saturated carbocycles. The van der Waals surface area contributed by atoms with Gasteiger partial charge < -0.3 is 10.5 Å². The van der Waals surface area contributed by atoms with E-state index in [4.69, 9.17) is 5.73 Å². The van der Waals surface area contributed by atoms with Gasteiger partial charge in [0.2, 0.25) is 0 Å². The molecule has 3 nitrogen and oxygen atoms in total. The smallest absolute Gasteiger partial charge is 0.183 e. The molecule has 0 aliphatic heterocycles. The van der Waals surface area contributed by atoms with Gasteiger partial charge in [-0.2, -0.15) is 0 Å². The second-order valence-electron chi connectivity index (χ2n) is 2.69. The molecule has 1 aromatic carbocycles. The topological polar surface area (TPSA) is 52.3 Å². The first-order valence-electron chi connectivity index (χ1n) is 3.97. The first-order chi connectivity index (χ1) is 7.02. The normalized spacial score (nSPS) is 10.2. The summed E-state index contributed by atoms with van der Waals surface area (Å²) in [6.07, 6.45) is 0. The van der Waals surface area contributed by atoms with Gasteiger partial charge >= 0.3 is 0 Å². The maximum atomic E-state index is 13.5. The van der Waals surface area contributed by atoms with Crippen LogP contribution in [0.3, 0.4) is 0 Å². The lowest BCUT2D eigenvalue weighted by Gasteiger charge is -2.10. The SMILES string of the molecule is COc1c(F)cc(Br)c(F)c1C(=O)CN. The highest BCUT2D eigenvalue weighted by Gasteiger charge is 2.22. The molecule has 82 valence electrons. The van der Waals surface area contributed by atoms with E-state index in [0.29, 0.717) is 0 Å². The van der Waals surface area contributed by atoms with E-state index in [-0.39, 0.29) is 4.47 Å². The van der Waals surface area contributed by atoms with Gasteiger partial charge in [-0.1, -0.05) is 0 Å². The Hall–Kier alpha value is -1.01. The van der Waals surface area contributed by atoms with Gasteiger partial charge in [-0.05, 0) is 22.0 Å². The molecule has 0 heterocycles. The predicted octanol–water partition coefficient (Wildman–Crippen LogP) is 1.88. The summed E-state index contributed by atoms with van der Waals surface area (Å²) in [5.74, 6) is -2.83. The average Bonchev–Trinajstić information content (AvgIpc) is 2.21. The molecule has 0 unspecified atom stereocenters. The average molecular weight is 280 g/mol. The fourth-order valence-electron chi connectivity index (χ4n) is 1.13. The Balaban J connectivity index is 3.50. The summed E-state index contributed by atoms with van der Waals surface area (Å²) < 4.78 is 31.3. The minimum atomic E-state index is -0.872. The summed E-state index contributed by atoms with van der Waals surface area (Å²) in [6.45, 7) is -0.414. The second-order valence-corrected chi connectivity index (χ2v) is 3.54. The number of Topliss-reactive ketones (excluding diaryl/α,β-unsaturated/α-hetero) is 1. The van der Waals surface area contributed by atoms with E-state index in [1.165, 1.54) is 0 Å². The maximum absolute atomic E-state index is 13.5. The number of hydrogen-bond donors (Lipinski definition) is 1. The largest absolute Gasteiger partial charge is 0.493 e. The molecule has 0 spiro atoms. The van der Waals surface area contributed by atoms with Crippen molar-refractivity contribution in [1.29, 1.82) is 0 Å². The van der Waals surface area contributed by atoms with Crippen molar-refractivity contribution >= 4 is 21.7 Å². The maximum Gasteiger partial charge on any atom is 0.183 e. The molecule has 15 heavy (non-hydrogen) atoms. The monoisotopic (exact) mass is 279 g/mol. The van der Waals surface area contributed by atoms with Gasteiger partial charge in [-0.25, -0.2) is 8.78 Å². The molecular weight excluding hydrogens is 272 g/mol. The number of hydrogen-bond acceptors (Lipinski definition) is 3. The van der Waals surface area contributed by atoms with Gasteiger partial charge in [0.1, 0.15) is 5.56 Å². The van der Waals surface area contributed by atoms with Crippen molar-refractivity contribution in [3.63, 3.8) is 0 Å². The first-order valence-corrected chi connectivity index (χ1v) is 4.77. The molecule has 0 bridgehead atoms. The molecule has 0 aliphatic carbocycles. The van der Waals surface area contributed by atoms with E-state index in [1.807, 2.05) is 0 Å². The Kier molecular flexibility index (Phi) is 3.76. The number of benzene rings is 1. The molecule has 0 saturated heterocycles. The van der Waals surface area contributed by atoms with Crippen LogP contribution in [0, 0.1) is 11.6 Å². The summed E-state index contributed by atoms with van der Waals surface area (Å²) >= 11 is 2.79. The Labute approximate surface area is 93.3 Å². The van der Waals surface area contributed by atoms with E-state index in [1.54, 1.807) is 0 Å². The van der Waals surface area contributed by atoms with Crippen molar-refractivity contribution < 1.29 is 18.3 Å². The third-order valence-corrected chi connectivity index (χ3v) is 2.37. The van der Waals surface area contributed by atoms with Crippen molar-refractivity contribution in [3.8, 4) is 5.75 Å². The van der Waals surface area contributed by atoms with Crippen LogP contribution in [0.15, 0.2) is 10.5 Å². The van der Waals surface area contributed by atoms with Crippen LogP contribution >= 0.6 is 15.9 Å². The quantitative estimate of drug-likeness (QED) is 0.679. The van der Waals surface area contributed by atoms with Gasteiger partial charge in [0.15, 0.2) is 23.2 Å². The number of ketones is 1. The number of nitrogens with two attached hydrogens (primary N) is 1. The fourth-order valence-corrected chi connectivity index (χ4v) is 1.53. The van der Waals surface area contributed by atoms with E-state index < -0.39 is 35.3 Å². The van der Waals surface area contributed by atoms with Crippen LogP contribution in [0.2, 0.25) is 0 Å². The van der Waals surface area contributed by atoms with E-state index in [2.05, 4.69) is 20.7 Å². The number of halogens is 3. The summed E-state index contributed by atoms with van der Waals surface area (Å²) in [5, 5.41) is 0. The molecule has 0 aliphatic rings. The van der Waals surface area contributed by atoms with Crippen LogP contribution in [-0.2, 0) is 0 Å². The predicted molar refractivity (Wildman–Crippen MR) is 54.0 cm³/mol. The lowest BCUT2D eigenvalue weighted by molar-refractivity contribution is 0.0993. The second kappa shape index (κ2) is 4.67. The minimum Gasteiger partial charge on any atom is -0.493 e. The van der Waals surface area contributed by atoms with E-state index >= 15 is 0 Å². The zero-order valence-corrected chi connectivity index (χ0v) is 9.40. The standard InChI is InChI=1S/C9H8BrF2NO2/c1-15-9-5(11)2-4(10)8(12)7(9)6(14)3-13/h2H,3,13H2,1H3. The molecule has 0 amide bonds. The summed E-state index contributed by atoms with van der Waals surface area (Å²) in [7, 11) is 1.15. The van der Waals surface area contributed by atoms with Crippen molar-refractivity contribution in [2.24, 2.45) is 5.73 Å². The highest BCUT2D eigenvalue weighted by atomic mass is 79.9. The minimum absolute atomic E-state index is 0.141. The molecule has 1 rings (SSSR count). The lowest BCUT2D eigenvalue weighted by atomic mass is 10.1. The number of carbonyl (C=O) groups excluding carboxylic acids is 1. The molecular formula is C9H8BrF2NO2. The fraction of sp³-hybridized carbons (Fsp3) is 0.222. The van der Waals surface area contributed by atoms with Crippen LogP contribution in [-0.4, -0.2) is 19.4 Å². The Morgan fingerprint density at radius 1 is 1.60 bits per heavy atom. The lowest BCUT2D eigenvalue weighted by Crippen LogP contribution is -2.17. The zero-order chi connectivity index (χ0) is 11.6. The summed E-state index contributed by atoms with van der Waals surface area (Å²) in [4.78, 5) is 11.3. The highest BCUT2D eigenvalue weighted by Crippen LogP contribution is 2.30. The van der Waals surface area contributed by atoms with Gasteiger partial charge in [-0.15, -0.1) is 0 Å². The third-order valence-electron chi connectivity index (χ3n) is 1.79. The van der Waals surface area contributed by atoms with Crippen molar-refractivity contribution in [2.75, 3.05) is 13.7 Å². The molecule has 0 fully saturated rings. The van der Waals surface area contributed by atoms with Crippen LogP contribution in [0.5, 0.6) is 5.75 Å². The van der Waals surface area contributed by atoms with Gasteiger partial charge in [0.05, 0.1) is 18.1 Å². The first kappa shape index (κ1) is 12.1. The van der Waals surface area contributed by atoms with E-state index in [9.17, 15) is 13.6 Å². The van der Waals surface area contributed by atoms with E-state index in [0.717, 1.165) is 13.2 Å². The molecule has 1 aromatic rings. The number of methoxy groups -OCH3 is 1. The van der Waals surface area contributed by atoms with Crippen LogP contribution in [0.1, 0.15) is 10.4 Å². The Morgan fingerprint density at radius 3 is 2.67 bits per heavy atom. The summed E-state index contributed by atoms with van der Waals surface area (Å²) in [5.41, 5.74) is 4.62. The molecule has 0 aromatic heterocycles. The van der Waals surface area contributed by atoms with Crippen molar-refractivity contribution in [3.05, 3.63) is 27.7 Å². The number of carbonyl (C=O) groups is 1. The number of rotatable bonds is 3. The molecule has 0 atom stereocenters.